The van der Waals surface area contributed by atoms with Crippen molar-refractivity contribution in [1.29, 1.82) is 0 Å². The van der Waals surface area contributed by atoms with Crippen LogP contribution in [0.25, 0.3) is 11.1 Å². The molecule has 2 saturated heterocycles. The summed E-state index contributed by atoms with van der Waals surface area (Å²) < 4.78 is 24.1. The normalized spacial score (nSPS) is 24.7. The summed E-state index contributed by atoms with van der Waals surface area (Å²) in [5, 5.41) is 23.0. The first kappa shape index (κ1) is 32.6. The third-order valence-corrected chi connectivity index (χ3v) is 9.74. The van der Waals surface area contributed by atoms with Crippen molar-refractivity contribution in [2.24, 2.45) is 16.7 Å². The molecular weight excluding hydrogens is 604 g/mol. The van der Waals surface area contributed by atoms with Gasteiger partial charge < -0.3 is 39.0 Å². The second-order valence-electron chi connectivity index (χ2n) is 15.3. The lowest BCUT2D eigenvalue weighted by Crippen LogP contribution is -2.36. The predicted octanol–water partition coefficient (Wildman–Crippen LogP) is 7.27. The quantitative estimate of drug-likeness (QED) is 0.357. The molecule has 254 valence electrons. The standard InChI is InChI=1S/C40H48N2O6/c1-39(2,3)35-21-25(29-9-7-27(23-33(29)47-35)41-11-15-45-16-12-41)19-31-37(43)32(38(31)44)20-26-22-36(40(4,5)6)48-34-24-28(8-10-30(26)34)42-13-17-46-18-14-42/h7-10,19-24,31,37,43-44H,11-18H2,1-6H3/b25-19+,26-20+. The Kier molecular flexibility index (Phi) is 8.47. The molecule has 8 nitrogen and oxygen atoms in total. The minimum absolute atomic E-state index is 0.176. The zero-order chi connectivity index (χ0) is 33.8. The largest absolute Gasteiger partial charge is 0.511 e. The summed E-state index contributed by atoms with van der Waals surface area (Å²) in [6.07, 6.45) is 7.12. The number of aliphatic hydroxyl groups excluding tert-OH is 2. The van der Waals surface area contributed by atoms with Gasteiger partial charge in [-0.1, -0.05) is 47.6 Å². The van der Waals surface area contributed by atoms with Gasteiger partial charge in [-0.2, -0.15) is 0 Å². The van der Waals surface area contributed by atoms with E-state index in [4.69, 9.17) is 18.9 Å². The molecule has 0 aromatic heterocycles. The van der Waals surface area contributed by atoms with Gasteiger partial charge in [0, 0.05) is 77.2 Å². The van der Waals surface area contributed by atoms with E-state index < -0.39 is 12.0 Å². The fraction of sp³-hybridized carbons (Fsp3) is 0.450. The summed E-state index contributed by atoms with van der Waals surface area (Å²) in [4.78, 5) is 4.62. The van der Waals surface area contributed by atoms with Crippen LogP contribution in [0.2, 0.25) is 0 Å². The monoisotopic (exact) mass is 652 g/mol. The number of nitrogens with zero attached hydrogens (tertiary/aromatic N) is 2. The van der Waals surface area contributed by atoms with E-state index in [9.17, 15) is 10.2 Å². The van der Waals surface area contributed by atoms with Gasteiger partial charge in [0.25, 0.3) is 0 Å². The lowest BCUT2D eigenvalue weighted by molar-refractivity contribution is 0.113. The molecule has 2 unspecified atom stereocenters. The van der Waals surface area contributed by atoms with Crippen LogP contribution in [-0.4, -0.2) is 68.9 Å². The van der Waals surface area contributed by atoms with Crippen LogP contribution in [0.1, 0.15) is 52.7 Å². The van der Waals surface area contributed by atoms with Crippen LogP contribution >= 0.6 is 0 Å². The van der Waals surface area contributed by atoms with Crippen molar-refractivity contribution in [3.05, 3.63) is 94.7 Å². The highest BCUT2D eigenvalue weighted by molar-refractivity contribution is 5.85. The Morgan fingerprint density at radius 2 is 1.15 bits per heavy atom. The van der Waals surface area contributed by atoms with Gasteiger partial charge in [0.1, 0.15) is 28.8 Å². The van der Waals surface area contributed by atoms with Crippen LogP contribution in [0.3, 0.4) is 0 Å². The smallest absolute Gasteiger partial charge is 0.136 e. The highest BCUT2D eigenvalue weighted by Crippen LogP contribution is 2.47. The minimum atomic E-state index is -0.860. The number of hydrogen-bond acceptors (Lipinski definition) is 8. The number of fused-ring (bicyclic) bond motifs is 2. The molecule has 2 aromatic rings. The molecule has 4 aliphatic heterocycles. The third kappa shape index (κ3) is 6.29. The number of anilines is 2. The molecule has 7 rings (SSSR count). The number of morpholine rings is 2. The van der Waals surface area contributed by atoms with Crippen LogP contribution in [-0.2, 0) is 9.47 Å². The SMILES string of the molecule is CC(C)(C)C1=C/C(=C\C2=C(O)C(/C=C3\C=C(C(C)(C)C)Oc4cc(N5CCOCC5)ccc43)C2O)c2ccc(N3CCOCC3)cc2O1. The van der Waals surface area contributed by atoms with Crippen LogP contribution < -0.4 is 19.3 Å². The fourth-order valence-corrected chi connectivity index (χ4v) is 6.72. The lowest BCUT2D eigenvalue weighted by Gasteiger charge is -2.35. The molecule has 2 fully saturated rings. The summed E-state index contributed by atoms with van der Waals surface area (Å²) in [6, 6.07) is 12.6. The first-order valence-corrected chi connectivity index (χ1v) is 17.2. The van der Waals surface area contributed by atoms with Gasteiger partial charge >= 0.3 is 0 Å². The molecule has 8 heteroatoms. The molecule has 2 aromatic carbocycles. The molecule has 4 heterocycles. The first-order valence-electron chi connectivity index (χ1n) is 17.2. The maximum absolute atomic E-state index is 11.5. The van der Waals surface area contributed by atoms with Crippen molar-refractivity contribution >= 4 is 22.5 Å². The Balaban J connectivity index is 1.23. The van der Waals surface area contributed by atoms with Gasteiger partial charge in [-0.3, -0.25) is 0 Å². The maximum Gasteiger partial charge on any atom is 0.136 e. The minimum Gasteiger partial charge on any atom is -0.511 e. The Hall–Kier alpha value is -3.98. The maximum atomic E-state index is 11.5. The van der Waals surface area contributed by atoms with Crippen molar-refractivity contribution in [1.82, 2.24) is 0 Å². The highest BCUT2D eigenvalue weighted by Gasteiger charge is 2.39. The zero-order valence-corrected chi connectivity index (χ0v) is 29.0. The topological polar surface area (TPSA) is 83.9 Å². The van der Waals surface area contributed by atoms with E-state index in [0.717, 1.165) is 82.8 Å². The average Bonchev–Trinajstić information content (AvgIpc) is 3.08. The molecule has 2 N–H and O–H groups in total. The van der Waals surface area contributed by atoms with Crippen molar-refractivity contribution < 1.29 is 29.2 Å². The molecule has 0 saturated carbocycles. The van der Waals surface area contributed by atoms with E-state index in [2.05, 4.69) is 87.7 Å². The van der Waals surface area contributed by atoms with Crippen LogP contribution in [0.15, 0.2) is 83.6 Å². The average molecular weight is 653 g/mol. The summed E-state index contributed by atoms with van der Waals surface area (Å²) in [5.41, 5.74) is 5.97. The van der Waals surface area contributed by atoms with Crippen molar-refractivity contribution in [3.8, 4) is 11.5 Å². The molecule has 0 bridgehead atoms. The Morgan fingerprint density at radius 3 is 1.60 bits per heavy atom. The predicted molar refractivity (Wildman–Crippen MR) is 190 cm³/mol. The van der Waals surface area contributed by atoms with Crippen LogP contribution in [0.5, 0.6) is 11.5 Å². The van der Waals surface area contributed by atoms with Gasteiger partial charge in [-0.15, -0.1) is 0 Å². The molecule has 0 radical (unpaired) electrons. The number of rotatable bonds is 4. The first-order chi connectivity index (χ1) is 22.9. The van der Waals surface area contributed by atoms with Gasteiger partial charge in [-0.25, -0.2) is 0 Å². The second kappa shape index (κ2) is 12.5. The van der Waals surface area contributed by atoms with E-state index in [-0.39, 0.29) is 16.6 Å². The van der Waals surface area contributed by atoms with E-state index in [0.29, 0.717) is 32.0 Å². The van der Waals surface area contributed by atoms with Crippen LogP contribution in [0, 0.1) is 16.7 Å². The summed E-state index contributed by atoms with van der Waals surface area (Å²) in [5.74, 6) is 2.88. The number of hydrogen-bond donors (Lipinski definition) is 2. The number of aliphatic hydroxyl groups is 2. The number of allylic oxidation sites excluding steroid dienone is 6. The fourth-order valence-electron chi connectivity index (χ4n) is 6.72. The van der Waals surface area contributed by atoms with Gasteiger partial charge in [0.05, 0.1) is 38.4 Å². The van der Waals surface area contributed by atoms with Crippen molar-refractivity contribution in [2.45, 2.75) is 47.6 Å². The Labute approximate surface area is 284 Å². The summed E-state index contributed by atoms with van der Waals surface area (Å²) in [7, 11) is 0. The van der Waals surface area contributed by atoms with Gasteiger partial charge in [0.15, 0.2) is 0 Å². The Morgan fingerprint density at radius 1 is 0.688 bits per heavy atom. The van der Waals surface area contributed by atoms with Crippen LogP contribution in [0.4, 0.5) is 11.4 Å². The van der Waals surface area contributed by atoms with E-state index >= 15 is 0 Å². The van der Waals surface area contributed by atoms with Gasteiger partial charge in [-0.05, 0) is 53.6 Å². The number of benzene rings is 2. The number of ether oxygens (including phenoxy) is 4. The Bertz CT molecular complexity index is 1740. The highest BCUT2D eigenvalue weighted by atomic mass is 16.5. The summed E-state index contributed by atoms with van der Waals surface area (Å²) >= 11 is 0. The zero-order valence-electron chi connectivity index (χ0n) is 29.0. The molecule has 5 aliphatic rings. The lowest BCUT2D eigenvalue weighted by atomic mass is 9.77. The molecule has 48 heavy (non-hydrogen) atoms. The van der Waals surface area contributed by atoms with Crippen molar-refractivity contribution in [2.75, 3.05) is 62.4 Å². The molecule has 0 spiro atoms. The molecule has 1 aliphatic carbocycles. The molecular formula is C40H48N2O6. The van der Waals surface area contributed by atoms with E-state index in [1.54, 1.807) is 0 Å². The van der Waals surface area contributed by atoms with Gasteiger partial charge in [0.2, 0.25) is 0 Å². The third-order valence-electron chi connectivity index (χ3n) is 9.74. The van der Waals surface area contributed by atoms with E-state index in [1.165, 1.54) is 0 Å². The summed E-state index contributed by atoms with van der Waals surface area (Å²) in [6.45, 7) is 18.9. The van der Waals surface area contributed by atoms with E-state index in [1.807, 2.05) is 24.3 Å². The molecule has 0 amide bonds. The second-order valence-corrected chi connectivity index (χ2v) is 15.3. The van der Waals surface area contributed by atoms with Crippen molar-refractivity contribution in [3.63, 3.8) is 0 Å². The molecule has 2 atom stereocenters.